The summed E-state index contributed by atoms with van der Waals surface area (Å²) in [6.07, 6.45) is 12.5. The summed E-state index contributed by atoms with van der Waals surface area (Å²) in [4.78, 5) is 47.4. The van der Waals surface area contributed by atoms with E-state index in [1.807, 2.05) is 6.92 Å². The van der Waals surface area contributed by atoms with Gasteiger partial charge in [0, 0.05) is 24.7 Å². The van der Waals surface area contributed by atoms with Gasteiger partial charge in [-0.15, -0.1) is 0 Å². The van der Waals surface area contributed by atoms with Gasteiger partial charge in [-0.05, 0) is 51.9 Å². The number of ether oxygens (including phenoxy) is 2. The number of alkyl carbamates (subject to hydrolysis) is 2. The van der Waals surface area contributed by atoms with Crippen LogP contribution in [-0.4, -0.2) is 75.2 Å². The van der Waals surface area contributed by atoms with Crippen LogP contribution in [0, 0.1) is 0 Å². The maximum absolute atomic E-state index is 12.0. The largest absolute Gasteiger partial charge is 0.448 e. The molecule has 218 valence electrons. The summed E-state index contributed by atoms with van der Waals surface area (Å²) in [6, 6.07) is -0.245. The van der Waals surface area contributed by atoms with Crippen LogP contribution >= 0.6 is 0 Å². The summed E-state index contributed by atoms with van der Waals surface area (Å²) < 4.78 is 10.2. The van der Waals surface area contributed by atoms with E-state index >= 15 is 0 Å². The Kier molecular flexibility index (Phi) is 15.8. The molecule has 2 fully saturated rings. The quantitative estimate of drug-likeness (QED) is 0.186. The summed E-state index contributed by atoms with van der Waals surface area (Å²) in [6.45, 7) is 3.15. The first-order valence-electron chi connectivity index (χ1n) is 14.3. The fourth-order valence-corrected chi connectivity index (χ4v) is 4.71. The van der Waals surface area contributed by atoms with E-state index < -0.39 is 12.2 Å². The fourth-order valence-electron chi connectivity index (χ4n) is 4.71. The second kappa shape index (κ2) is 19.2. The molecule has 6 N–H and O–H groups in total. The van der Waals surface area contributed by atoms with Crippen LogP contribution < -0.4 is 31.9 Å². The molecule has 0 aliphatic heterocycles. The lowest BCUT2D eigenvalue weighted by Gasteiger charge is -2.22. The zero-order valence-electron chi connectivity index (χ0n) is 22.9. The van der Waals surface area contributed by atoms with Crippen molar-refractivity contribution in [3.8, 4) is 0 Å². The van der Waals surface area contributed by atoms with Gasteiger partial charge >= 0.3 is 24.2 Å². The van der Waals surface area contributed by atoms with Gasteiger partial charge in [-0.25, -0.2) is 19.2 Å². The van der Waals surface area contributed by atoms with Crippen LogP contribution in [0.5, 0.6) is 0 Å². The van der Waals surface area contributed by atoms with Crippen LogP contribution in [0.2, 0.25) is 0 Å². The third-order valence-corrected chi connectivity index (χ3v) is 6.82. The average Bonchev–Trinajstić information content (AvgIpc) is 2.90. The van der Waals surface area contributed by atoms with Crippen molar-refractivity contribution in [2.45, 2.75) is 109 Å². The van der Waals surface area contributed by atoms with Gasteiger partial charge in [0.05, 0.1) is 13.1 Å². The molecule has 0 aromatic carbocycles. The van der Waals surface area contributed by atoms with E-state index in [9.17, 15) is 19.2 Å². The molecule has 0 radical (unpaired) electrons. The molecule has 1 atom stereocenters. The number of urea groups is 2. The van der Waals surface area contributed by atoms with Crippen molar-refractivity contribution in [1.82, 2.24) is 31.9 Å². The molecule has 12 nitrogen and oxygen atoms in total. The summed E-state index contributed by atoms with van der Waals surface area (Å²) in [5, 5.41) is 16.7. The minimum Gasteiger partial charge on any atom is -0.448 e. The Hall–Kier alpha value is -2.92. The summed E-state index contributed by atoms with van der Waals surface area (Å²) in [5.74, 6) is 0. The molecule has 1 unspecified atom stereocenters. The smallest absolute Gasteiger partial charge is 0.407 e. The van der Waals surface area contributed by atoms with E-state index in [0.29, 0.717) is 6.54 Å². The van der Waals surface area contributed by atoms with Crippen LogP contribution in [0.25, 0.3) is 0 Å². The van der Waals surface area contributed by atoms with Crippen LogP contribution in [0.1, 0.15) is 90.4 Å². The highest BCUT2D eigenvalue weighted by molar-refractivity contribution is 5.74. The average molecular weight is 541 g/mol. The first-order chi connectivity index (χ1) is 18.4. The standard InChI is InChI=1S/C26H48N6O6/c1-20(30-24(34)29-17-19-38-26(36)32-22-13-6-3-7-14-22)10-8-9-15-27-23(33)28-16-18-37-25(35)31-21-11-4-2-5-12-21/h20-22H,2-19H2,1H3,(H,31,35)(H,32,36)(H2,27,28,33)(H2,29,30,34). The van der Waals surface area contributed by atoms with Crippen molar-refractivity contribution in [2.75, 3.05) is 32.8 Å². The second-order valence-electron chi connectivity index (χ2n) is 10.2. The number of amides is 6. The molecule has 2 aliphatic rings. The summed E-state index contributed by atoms with van der Waals surface area (Å²) in [7, 11) is 0. The zero-order valence-corrected chi connectivity index (χ0v) is 22.9. The van der Waals surface area contributed by atoms with E-state index in [1.165, 1.54) is 12.8 Å². The molecule has 38 heavy (non-hydrogen) atoms. The molecule has 2 rings (SSSR count). The number of rotatable bonds is 14. The SMILES string of the molecule is CC(CCCCNC(=O)NCCOC(=O)NC1CCCCC1)NC(=O)NCCOC(=O)NC1CCCCC1. The van der Waals surface area contributed by atoms with Gasteiger partial charge in [0.25, 0.3) is 0 Å². The molecule has 0 heterocycles. The molecule has 0 aromatic heterocycles. The van der Waals surface area contributed by atoms with Crippen LogP contribution in [0.15, 0.2) is 0 Å². The molecule has 2 aliphatic carbocycles. The molecule has 0 spiro atoms. The maximum atomic E-state index is 12.0. The van der Waals surface area contributed by atoms with E-state index in [2.05, 4.69) is 31.9 Å². The van der Waals surface area contributed by atoms with Crippen molar-refractivity contribution in [3.63, 3.8) is 0 Å². The van der Waals surface area contributed by atoms with Crippen molar-refractivity contribution >= 4 is 24.2 Å². The molecular formula is C26H48N6O6. The van der Waals surface area contributed by atoms with E-state index in [0.717, 1.165) is 70.6 Å². The number of hydrogen-bond donors (Lipinski definition) is 6. The van der Waals surface area contributed by atoms with Gasteiger partial charge in [0.15, 0.2) is 0 Å². The van der Waals surface area contributed by atoms with Gasteiger partial charge in [0.1, 0.15) is 13.2 Å². The Morgan fingerprint density at radius 1 is 0.658 bits per heavy atom. The van der Waals surface area contributed by atoms with Gasteiger partial charge in [0.2, 0.25) is 0 Å². The lowest BCUT2D eigenvalue weighted by Crippen LogP contribution is -2.43. The number of hydrogen-bond acceptors (Lipinski definition) is 6. The Morgan fingerprint density at radius 2 is 1.13 bits per heavy atom. The third-order valence-electron chi connectivity index (χ3n) is 6.82. The molecule has 0 saturated heterocycles. The van der Waals surface area contributed by atoms with Crippen LogP contribution in [0.3, 0.4) is 0 Å². The van der Waals surface area contributed by atoms with Crippen LogP contribution in [0.4, 0.5) is 19.2 Å². The van der Waals surface area contributed by atoms with E-state index in [-0.39, 0.29) is 56.5 Å². The minimum atomic E-state index is -0.430. The number of unbranched alkanes of at least 4 members (excludes halogenated alkanes) is 1. The molecule has 2 saturated carbocycles. The normalized spacial score (nSPS) is 17.0. The van der Waals surface area contributed by atoms with Crippen LogP contribution in [-0.2, 0) is 9.47 Å². The van der Waals surface area contributed by atoms with Gasteiger partial charge < -0.3 is 41.4 Å². The van der Waals surface area contributed by atoms with Gasteiger partial charge in [-0.1, -0.05) is 38.5 Å². The van der Waals surface area contributed by atoms with E-state index in [4.69, 9.17) is 9.47 Å². The number of nitrogens with one attached hydrogen (secondary N) is 6. The Bertz CT molecular complexity index is 712. The predicted molar refractivity (Wildman–Crippen MR) is 144 cm³/mol. The maximum Gasteiger partial charge on any atom is 0.407 e. The van der Waals surface area contributed by atoms with Crippen molar-refractivity contribution < 1.29 is 28.7 Å². The highest BCUT2D eigenvalue weighted by Crippen LogP contribution is 2.18. The van der Waals surface area contributed by atoms with Crippen molar-refractivity contribution in [3.05, 3.63) is 0 Å². The van der Waals surface area contributed by atoms with Crippen molar-refractivity contribution in [2.24, 2.45) is 0 Å². The Morgan fingerprint density at radius 3 is 1.66 bits per heavy atom. The van der Waals surface area contributed by atoms with Gasteiger partial charge in [-0.3, -0.25) is 0 Å². The molecule has 6 amide bonds. The Labute approximate surface area is 226 Å². The third kappa shape index (κ3) is 15.4. The lowest BCUT2D eigenvalue weighted by molar-refractivity contribution is 0.139. The number of carbonyl (C=O) groups excluding carboxylic acids is 4. The number of carbonyl (C=O) groups is 4. The molecule has 12 heteroatoms. The van der Waals surface area contributed by atoms with Gasteiger partial charge in [-0.2, -0.15) is 0 Å². The summed E-state index contributed by atoms with van der Waals surface area (Å²) >= 11 is 0. The lowest BCUT2D eigenvalue weighted by atomic mass is 9.96. The topological polar surface area (TPSA) is 159 Å². The molecule has 0 bridgehead atoms. The molecule has 0 aromatic rings. The van der Waals surface area contributed by atoms with E-state index in [1.54, 1.807) is 0 Å². The first-order valence-corrected chi connectivity index (χ1v) is 14.3. The first kappa shape index (κ1) is 31.3. The highest BCUT2D eigenvalue weighted by atomic mass is 16.6. The monoisotopic (exact) mass is 540 g/mol. The predicted octanol–water partition coefficient (Wildman–Crippen LogP) is 3.26. The summed E-state index contributed by atoms with van der Waals surface area (Å²) in [5.41, 5.74) is 0. The Balaban J connectivity index is 1.37. The van der Waals surface area contributed by atoms with Crippen molar-refractivity contribution in [1.29, 1.82) is 0 Å². The zero-order chi connectivity index (χ0) is 27.4. The second-order valence-corrected chi connectivity index (χ2v) is 10.2. The highest BCUT2D eigenvalue weighted by Gasteiger charge is 2.17. The fraction of sp³-hybridized carbons (Fsp3) is 0.846. The molecular weight excluding hydrogens is 492 g/mol. The minimum absolute atomic E-state index is 0.0312.